The lowest BCUT2D eigenvalue weighted by Gasteiger charge is -2.26. The van der Waals surface area contributed by atoms with E-state index in [1.54, 1.807) is 7.11 Å². The van der Waals surface area contributed by atoms with Crippen molar-refractivity contribution in [1.82, 2.24) is 9.21 Å². The Morgan fingerprint density at radius 1 is 1.00 bits per heavy atom. The summed E-state index contributed by atoms with van der Waals surface area (Å²) >= 11 is 0. The highest BCUT2D eigenvalue weighted by atomic mass is 32.2. The van der Waals surface area contributed by atoms with Crippen molar-refractivity contribution < 1.29 is 27.9 Å². The Balaban J connectivity index is 1.72. The predicted octanol–water partition coefficient (Wildman–Crippen LogP) is 4.44. The molecule has 1 amide bonds. The van der Waals surface area contributed by atoms with Gasteiger partial charge in [0, 0.05) is 38.9 Å². The number of likely N-dealkylation sites (tertiary alicyclic amines) is 1. The Bertz CT molecular complexity index is 1290. The van der Waals surface area contributed by atoms with E-state index in [4.69, 9.17) is 4.74 Å². The number of ketones is 1. The number of carbonyl (C=O) groups is 2. The van der Waals surface area contributed by atoms with Gasteiger partial charge in [-0.05, 0) is 60.6 Å². The lowest BCUT2D eigenvalue weighted by atomic mass is 9.93. The number of sulfonamides is 1. The molecule has 2 aliphatic heterocycles. The van der Waals surface area contributed by atoms with Gasteiger partial charge in [0.1, 0.15) is 5.76 Å². The Labute approximate surface area is 225 Å². The predicted molar refractivity (Wildman–Crippen MR) is 145 cm³/mol. The molecule has 0 unspecified atom stereocenters. The normalized spacial score (nSPS) is 20.4. The molecule has 38 heavy (non-hydrogen) atoms. The van der Waals surface area contributed by atoms with Crippen LogP contribution in [0.15, 0.2) is 59.0 Å². The third-order valence-corrected chi connectivity index (χ3v) is 9.20. The summed E-state index contributed by atoms with van der Waals surface area (Å²) in [6, 6.07) is 12.8. The molecule has 0 aromatic heterocycles. The maximum atomic E-state index is 13.2. The van der Waals surface area contributed by atoms with Crippen LogP contribution in [0.25, 0.3) is 5.76 Å². The van der Waals surface area contributed by atoms with Crippen molar-refractivity contribution in [2.75, 3.05) is 33.4 Å². The number of ether oxygens (including phenoxy) is 1. The van der Waals surface area contributed by atoms with Crippen molar-refractivity contribution >= 4 is 27.5 Å². The molecule has 9 heteroatoms. The maximum Gasteiger partial charge on any atom is 0.295 e. The standard InChI is InChI=1S/C29H36N2O6S/c1-20(2)21-8-10-22(11-9-21)26-25(28(33)29(34)31(26)18-7-19-37-3)27(32)23-12-14-24(15-13-23)38(35,36)30-16-5-4-6-17-30/h8-15,20,26,32H,4-7,16-19H2,1-3H3/b27-25+/t26-/m0/s1. The van der Waals surface area contributed by atoms with Crippen LogP contribution in [0.3, 0.4) is 0 Å². The number of carbonyl (C=O) groups excluding carboxylic acids is 2. The summed E-state index contributed by atoms with van der Waals surface area (Å²) in [5.41, 5.74) is 2.12. The number of nitrogens with zero attached hydrogens (tertiary/aromatic N) is 2. The number of aliphatic hydroxyl groups excluding tert-OH is 1. The van der Waals surface area contributed by atoms with Gasteiger partial charge in [-0.15, -0.1) is 0 Å². The molecule has 0 aliphatic carbocycles. The van der Waals surface area contributed by atoms with E-state index in [1.807, 2.05) is 24.3 Å². The fourth-order valence-corrected chi connectivity index (χ4v) is 6.61. The van der Waals surface area contributed by atoms with Gasteiger partial charge in [-0.25, -0.2) is 8.42 Å². The zero-order chi connectivity index (χ0) is 27.4. The number of Topliss-reactive ketones (excluding diaryl/α,β-unsaturated/α-hetero) is 1. The highest BCUT2D eigenvalue weighted by Crippen LogP contribution is 2.40. The van der Waals surface area contributed by atoms with E-state index in [0.29, 0.717) is 38.6 Å². The molecule has 2 aromatic carbocycles. The van der Waals surface area contributed by atoms with Gasteiger partial charge in [-0.1, -0.05) is 44.5 Å². The largest absolute Gasteiger partial charge is 0.507 e. The fourth-order valence-electron chi connectivity index (χ4n) is 5.09. The molecule has 8 nitrogen and oxygen atoms in total. The van der Waals surface area contributed by atoms with Crippen molar-refractivity contribution in [3.8, 4) is 0 Å². The molecule has 0 spiro atoms. The van der Waals surface area contributed by atoms with E-state index >= 15 is 0 Å². The number of methoxy groups -OCH3 is 1. The first-order valence-electron chi connectivity index (χ1n) is 13.1. The number of hydrogen-bond donors (Lipinski definition) is 1. The monoisotopic (exact) mass is 540 g/mol. The number of amides is 1. The average molecular weight is 541 g/mol. The first kappa shape index (κ1) is 28.0. The molecule has 0 saturated carbocycles. The summed E-state index contributed by atoms with van der Waals surface area (Å²) in [5, 5.41) is 11.3. The zero-order valence-electron chi connectivity index (χ0n) is 22.2. The van der Waals surface area contributed by atoms with Gasteiger partial charge in [-0.3, -0.25) is 9.59 Å². The second-order valence-electron chi connectivity index (χ2n) is 10.1. The second-order valence-corrected chi connectivity index (χ2v) is 12.1. The van der Waals surface area contributed by atoms with Crippen molar-refractivity contribution in [2.24, 2.45) is 0 Å². The number of piperidine rings is 1. The van der Waals surface area contributed by atoms with E-state index in [9.17, 15) is 23.1 Å². The molecule has 1 N–H and O–H groups in total. The van der Waals surface area contributed by atoms with Crippen LogP contribution in [0.1, 0.15) is 68.2 Å². The van der Waals surface area contributed by atoms with Crippen molar-refractivity contribution in [2.45, 2.75) is 56.4 Å². The third kappa shape index (κ3) is 5.55. The lowest BCUT2D eigenvalue weighted by molar-refractivity contribution is -0.140. The summed E-state index contributed by atoms with van der Waals surface area (Å²) < 4.78 is 32.7. The molecular formula is C29H36N2O6S. The van der Waals surface area contributed by atoms with Crippen LogP contribution in [0.4, 0.5) is 0 Å². The van der Waals surface area contributed by atoms with Crippen LogP contribution in [-0.4, -0.2) is 67.8 Å². The number of aliphatic hydroxyl groups is 1. The van der Waals surface area contributed by atoms with E-state index in [1.165, 1.54) is 33.5 Å². The number of hydrogen-bond acceptors (Lipinski definition) is 6. The van der Waals surface area contributed by atoms with Gasteiger partial charge in [0.2, 0.25) is 10.0 Å². The Kier molecular flexibility index (Phi) is 8.70. The van der Waals surface area contributed by atoms with E-state index in [2.05, 4.69) is 13.8 Å². The molecular weight excluding hydrogens is 504 g/mol. The Hall–Kier alpha value is -3.01. The summed E-state index contributed by atoms with van der Waals surface area (Å²) in [7, 11) is -2.06. The Morgan fingerprint density at radius 3 is 2.21 bits per heavy atom. The Morgan fingerprint density at radius 2 is 1.63 bits per heavy atom. The second kappa shape index (κ2) is 11.8. The van der Waals surface area contributed by atoms with E-state index in [-0.39, 0.29) is 21.8 Å². The molecule has 2 aliphatic rings. The SMILES string of the molecule is COCCCN1C(=O)C(=O)/C(=C(/O)c2ccc(S(=O)(=O)N3CCCCC3)cc2)[C@@H]1c1ccc(C(C)C)cc1. The minimum Gasteiger partial charge on any atom is -0.507 e. The van der Waals surface area contributed by atoms with Crippen molar-refractivity contribution in [1.29, 1.82) is 0 Å². The first-order valence-corrected chi connectivity index (χ1v) is 14.6. The van der Waals surface area contributed by atoms with Gasteiger partial charge >= 0.3 is 0 Å². The molecule has 0 radical (unpaired) electrons. The highest BCUT2D eigenvalue weighted by Gasteiger charge is 2.45. The molecule has 2 aromatic rings. The molecule has 4 rings (SSSR count). The van der Waals surface area contributed by atoms with Gasteiger partial charge in [0.05, 0.1) is 16.5 Å². The van der Waals surface area contributed by atoms with Crippen LogP contribution in [0, 0.1) is 0 Å². The molecule has 1 atom stereocenters. The highest BCUT2D eigenvalue weighted by molar-refractivity contribution is 7.89. The van der Waals surface area contributed by atoms with Gasteiger partial charge in [0.15, 0.2) is 0 Å². The topological polar surface area (TPSA) is 104 Å². The number of rotatable bonds is 9. The minimum absolute atomic E-state index is 0.00338. The van der Waals surface area contributed by atoms with Crippen molar-refractivity contribution in [3.05, 3.63) is 70.8 Å². The summed E-state index contributed by atoms with van der Waals surface area (Å²) in [5.74, 6) is -1.44. The van der Waals surface area contributed by atoms with Gasteiger partial charge in [-0.2, -0.15) is 4.31 Å². The summed E-state index contributed by atoms with van der Waals surface area (Å²) in [6.07, 6.45) is 3.22. The van der Waals surface area contributed by atoms with E-state index < -0.39 is 27.8 Å². The molecule has 0 bridgehead atoms. The quantitative estimate of drug-likeness (QED) is 0.218. The zero-order valence-corrected chi connectivity index (χ0v) is 23.0. The number of benzene rings is 2. The molecule has 2 heterocycles. The van der Waals surface area contributed by atoms with Crippen LogP contribution in [0.2, 0.25) is 0 Å². The molecule has 204 valence electrons. The van der Waals surface area contributed by atoms with Gasteiger partial charge in [0.25, 0.3) is 11.7 Å². The lowest BCUT2D eigenvalue weighted by Crippen LogP contribution is -2.35. The molecule has 2 fully saturated rings. The van der Waals surface area contributed by atoms with E-state index in [0.717, 1.165) is 30.4 Å². The summed E-state index contributed by atoms with van der Waals surface area (Å²) in [4.78, 5) is 27.9. The average Bonchev–Trinajstić information content (AvgIpc) is 3.18. The van der Waals surface area contributed by atoms with Crippen LogP contribution in [-0.2, 0) is 24.3 Å². The van der Waals surface area contributed by atoms with Crippen LogP contribution in [0.5, 0.6) is 0 Å². The first-order chi connectivity index (χ1) is 18.2. The smallest absolute Gasteiger partial charge is 0.295 e. The minimum atomic E-state index is -3.64. The van der Waals surface area contributed by atoms with Gasteiger partial charge < -0.3 is 14.7 Å². The maximum absolute atomic E-state index is 13.2. The fraction of sp³-hybridized carbons (Fsp3) is 0.448. The van der Waals surface area contributed by atoms with Crippen LogP contribution < -0.4 is 0 Å². The van der Waals surface area contributed by atoms with Crippen molar-refractivity contribution in [3.63, 3.8) is 0 Å². The summed E-state index contributed by atoms with van der Waals surface area (Å²) in [6.45, 7) is 5.87. The third-order valence-electron chi connectivity index (χ3n) is 7.29. The molecule has 2 saturated heterocycles. The van der Waals surface area contributed by atoms with Crippen LogP contribution >= 0.6 is 0 Å².